The molecule has 5 heteroatoms. The van der Waals surface area contributed by atoms with Crippen LogP contribution in [0.5, 0.6) is 0 Å². The van der Waals surface area contributed by atoms with Gasteiger partial charge < -0.3 is 15.3 Å². The summed E-state index contributed by atoms with van der Waals surface area (Å²) < 4.78 is 0. The Hall–Kier alpha value is -1.62. The van der Waals surface area contributed by atoms with Gasteiger partial charge >= 0.3 is 11.9 Å². The Kier molecular flexibility index (Phi) is 9.09. The minimum atomic E-state index is -1.26. The average molecular weight is 188 g/mol. The van der Waals surface area contributed by atoms with E-state index in [9.17, 15) is 9.59 Å². The molecule has 3 N–H and O–H groups in total. The molecule has 13 heavy (non-hydrogen) atoms. The summed E-state index contributed by atoms with van der Waals surface area (Å²) in [5, 5.41) is 23.7. The number of hydrogen-bond donors (Lipinski definition) is 3. The van der Waals surface area contributed by atoms with Crippen LogP contribution in [0.15, 0.2) is 24.3 Å². The number of rotatable bonds is 3. The first-order valence-electron chi connectivity index (χ1n) is 3.29. The summed E-state index contributed by atoms with van der Waals surface area (Å²) in [7, 11) is 0. The molecule has 0 bridgehead atoms. The van der Waals surface area contributed by atoms with Crippen molar-refractivity contribution in [2.45, 2.75) is 6.92 Å². The third-order valence-corrected chi connectivity index (χ3v) is 0.638. The van der Waals surface area contributed by atoms with Crippen LogP contribution in [0.25, 0.3) is 0 Å². The van der Waals surface area contributed by atoms with E-state index in [1.807, 2.05) is 0 Å². The van der Waals surface area contributed by atoms with E-state index in [1.54, 1.807) is 6.92 Å². The van der Waals surface area contributed by atoms with Crippen molar-refractivity contribution >= 4 is 11.9 Å². The maximum absolute atomic E-state index is 9.55. The Balaban J connectivity index is 0. The van der Waals surface area contributed by atoms with E-state index in [-0.39, 0.29) is 6.61 Å². The maximum Gasteiger partial charge on any atom is 0.328 e. The molecule has 0 aliphatic heterocycles. The lowest BCUT2D eigenvalue weighted by atomic mass is 10.4. The number of hydrogen-bond acceptors (Lipinski definition) is 3. The van der Waals surface area contributed by atoms with Gasteiger partial charge in [0.2, 0.25) is 0 Å². The molecule has 0 aromatic rings. The summed E-state index contributed by atoms with van der Waals surface area (Å²) in [6.45, 7) is 5.31. The van der Waals surface area contributed by atoms with Gasteiger partial charge in [-0.2, -0.15) is 0 Å². The van der Waals surface area contributed by atoms with Gasteiger partial charge in [0.05, 0.1) is 6.61 Å². The zero-order valence-corrected chi connectivity index (χ0v) is 7.23. The van der Waals surface area contributed by atoms with Crippen LogP contribution in [-0.2, 0) is 9.59 Å². The van der Waals surface area contributed by atoms with E-state index < -0.39 is 11.9 Å². The minimum absolute atomic E-state index is 0.111. The smallest absolute Gasteiger partial charge is 0.328 e. The fourth-order valence-electron chi connectivity index (χ4n) is 0.143. The predicted molar refractivity (Wildman–Crippen MR) is 46.3 cm³/mol. The lowest BCUT2D eigenvalue weighted by Crippen LogP contribution is -1.91. The Morgan fingerprint density at radius 1 is 1.23 bits per heavy atom. The van der Waals surface area contributed by atoms with Crippen LogP contribution >= 0.6 is 0 Å². The molecule has 0 saturated carbocycles. The third kappa shape index (κ3) is 25.2. The van der Waals surface area contributed by atoms with Gasteiger partial charge in [-0.15, -0.1) is 0 Å². The highest BCUT2D eigenvalue weighted by Gasteiger charge is 1.88. The topological polar surface area (TPSA) is 94.8 Å². The highest BCUT2D eigenvalue weighted by molar-refractivity contribution is 5.89. The van der Waals surface area contributed by atoms with Crippen LogP contribution in [0, 0.1) is 0 Å². The monoisotopic (exact) mass is 188 g/mol. The zero-order chi connectivity index (χ0) is 10.9. The Labute approximate surface area is 75.6 Å². The van der Waals surface area contributed by atoms with Gasteiger partial charge in [-0.25, -0.2) is 9.59 Å². The first kappa shape index (κ1) is 13.9. The molecule has 0 heterocycles. The SMILES string of the molecule is C=C(C)CO.O=C(O)/C=C\C(=O)O. The van der Waals surface area contributed by atoms with Crippen molar-refractivity contribution in [3.63, 3.8) is 0 Å². The largest absolute Gasteiger partial charge is 0.478 e. The number of aliphatic hydroxyl groups is 1. The van der Waals surface area contributed by atoms with Crippen molar-refractivity contribution in [3.8, 4) is 0 Å². The summed E-state index contributed by atoms with van der Waals surface area (Å²) in [4.78, 5) is 19.1. The number of carboxylic acids is 2. The summed E-state index contributed by atoms with van der Waals surface area (Å²) in [6.07, 6.45) is 1.12. The van der Waals surface area contributed by atoms with Crippen molar-refractivity contribution < 1.29 is 24.9 Å². The first-order valence-corrected chi connectivity index (χ1v) is 3.29. The molecule has 0 aliphatic rings. The molecule has 0 saturated heterocycles. The normalized spacial score (nSPS) is 8.77. The molecule has 0 unspecified atom stereocenters. The van der Waals surface area contributed by atoms with Crippen molar-refractivity contribution in [1.82, 2.24) is 0 Å². The molecule has 74 valence electrons. The molecule has 0 aromatic heterocycles. The highest BCUT2D eigenvalue weighted by atomic mass is 16.4. The molecule has 0 atom stereocenters. The maximum atomic E-state index is 9.55. The van der Waals surface area contributed by atoms with Crippen LogP contribution in [-0.4, -0.2) is 33.9 Å². The molecular weight excluding hydrogens is 176 g/mol. The number of aliphatic carboxylic acids is 2. The molecule has 0 aliphatic carbocycles. The van der Waals surface area contributed by atoms with Gasteiger partial charge in [0, 0.05) is 12.2 Å². The molecule has 0 aromatic carbocycles. The standard InChI is InChI=1S/C4H4O4.C4H8O/c5-3(6)1-2-4(7)8;1-4(2)3-5/h1-2H,(H,5,6)(H,7,8);5H,1,3H2,2H3/b2-1-;. The molecule has 0 radical (unpaired) electrons. The van der Waals surface area contributed by atoms with Gasteiger partial charge in [0.15, 0.2) is 0 Å². The number of carboxylic acid groups (broad SMARTS) is 2. The second-order valence-corrected chi connectivity index (χ2v) is 2.13. The van der Waals surface area contributed by atoms with E-state index in [4.69, 9.17) is 15.3 Å². The fourth-order valence-corrected chi connectivity index (χ4v) is 0.143. The fraction of sp³-hybridized carbons (Fsp3) is 0.250. The van der Waals surface area contributed by atoms with Gasteiger partial charge in [0.1, 0.15) is 0 Å². The predicted octanol–water partition coefficient (Wildman–Crippen LogP) is 0.267. The molecule has 0 amide bonds. The molecular formula is C8H12O5. The van der Waals surface area contributed by atoms with Gasteiger partial charge in [0.25, 0.3) is 0 Å². The van der Waals surface area contributed by atoms with Crippen molar-refractivity contribution in [3.05, 3.63) is 24.3 Å². The molecule has 0 fully saturated rings. The summed E-state index contributed by atoms with van der Waals surface area (Å²) in [5.41, 5.74) is 0.810. The van der Waals surface area contributed by atoms with E-state index in [1.165, 1.54) is 0 Å². The Bertz CT molecular complexity index is 201. The third-order valence-electron chi connectivity index (χ3n) is 0.638. The van der Waals surface area contributed by atoms with Crippen LogP contribution in [0.4, 0.5) is 0 Å². The van der Waals surface area contributed by atoms with Gasteiger partial charge in [-0.1, -0.05) is 12.2 Å². The molecule has 0 rings (SSSR count). The zero-order valence-electron chi connectivity index (χ0n) is 7.23. The second-order valence-electron chi connectivity index (χ2n) is 2.13. The lowest BCUT2D eigenvalue weighted by molar-refractivity contribution is -0.134. The van der Waals surface area contributed by atoms with Crippen LogP contribution in [0.3, 0.4) is 0 Å². The molecule has 0 spiro atoms. The van der Waals surface area contributed by atoms with E-state index in [0.717, 1.165) is 5.57 Å². The van der Waals surface area contributed by atoms with Crippen molar-refractivity contribution in [2.75, 3.05) is 6.61 Å². The minimum Gasteiger partial charge on any atom is -0.478 e. The summed E-state index contributed by atoms with van der Waals surface area (Å²) in [6, 6.07) is 0. The Morgan fingerprint density at radius 2 is 1.46 bits per heavy atom. The second kappa shape index (κ2) is 8.48. The lowest BCUT2D eigenvalue weighted by Gasteiger charge is -1.79. The van der Waals surface area contributed by atoms with Gasteiger partial charge in [-0.3, -0.25) is 0 Å². The number of carbonyl (C=O) groups is 2. The quantitative estimate of drug-likeness (QED) is 0.436. The Morgan fingerprint density at radius 3 is 1.54 bits per heavy atom. The van der Waals surface area contributed by atoms with Crippen LogP contribution < -0.4 is 0 Å². The van der Waals surface area contributed by atoms with Crippen molar-refractivity contribution in [2.24, 2.45) is 0 Å². The van der Waals surface area contributed by atoms with Gasteiger partial charge in [-0.05, 0) is 6.92 Å². The van der Waals surface area contributed by atoms with E-state index >= 15 is 0 Å². The summed E-state index contributed by atoms with van der Waals surface area (Å²) in [5.74, 6) is -2.51. The highest BCUT2D eigenvalue weighted by Crippen LogP contribution is 1.76. The first-order chi connectivity index (χ1) is 5.90. The van der Waals surface area contributed by atoms with E-state index in [2.05, 4.69) is 6.58 Å². The van der Waals surface area contributed by atoms with Crippen LogP contribution in [0.1, 0.15) is 6.92 Å². The summed E-state index contributed by atoms with van der Waals surface area (Å²) >= 11 is 0. The molecule has 5 nitrogen and oxygen atoms in total. The average Bonchev–Trinajstić information content (AvgIpc) is 2.02. The van der Waals surface area contributed by atoms with Crippen molar-refractivity contribution in [1.29, 1.82) is 0 Å². The number of aliphatic hydroxyl groups excluding tert-OH is 1. The van der Waals surface area contributed by atoms with E-state index in [0.29, 0.717) is 12.2 Å². The van der Waals surface area contributed by atoms with Crippen LogP contribution in [0.2, 0.25) is 0 Å².